The van der Waals surface area contributed by atoms with Gasteiger partial charge in [0.15, 0.2) is 0 Å². The fraction of sp³-hybridized carbons (Fsp3) is 0.588. The van der Waals surface area contributed by atoms with Crippen LogP contribution in [0.1, 0.15) is 42.4 Å². The van der Waals surface area contributed by atoms with E-state index in [2.05, 4.69) is 42.7 Å². The molecular formula is C17H26N2O2. The van der Waals surface area contributed by atoms with Crippen LogP contribution < -0.4 is 10.6 Å². The van der Waals surface area contributed by atoms with Crippen LogP contribution in [0.2, 0.25) is 0 Å². The van der Waals surface area contributed by atoms with Crippen molar-refractivity contribution in [3.05, 3.63) is 34.9 Å². The van der Waals surface area contributed by atoms with Gasteiger partial charge in [0.25, 0.3) is 0 Å². The van der Waals surface area contributed by atoms with E-state index in [0.29, 0.717) is 6.54 Å². The molecular weight excluding hydrogens is 264 g/mol. The van der Waals surface area contributed by atoms with E-state index in [9.17, 15) is 9.90 Å². The van der Waals surface area contributed by atoms with Gasteiger partial charge < -0.3 is 15.7 Å². The molecule has 0 spiro atoms. The average Bonchev–Trinajstić information content (AvgIpc) is 2.90. The third-order valence-electron chi connectivity index (χ3n) is 4.42. The number of amides is 2. The van der Waals surface area contributed by atoms with Gasteiger partial charge in [-0.1, -0.05) is 36.6 Å². The van der Waals surface area contributed by atoms with E-state index >= 15 is 0 Å². The van der Waals surface area contributed by atoms with E-state index in [4.69, 9.17) is 0 Å². The molecule has 2 rings (SSSR count). The summed E-state index contributed by atoms with van der Waals surface area (Å²) in [5, 5.41) is 15.3. The number of rotatable bonds is 5. The van der Waals surface area contributed by atoms with Crippen LogP contribution in [0, 0.1) is 13.8 Å². The Labute approximate surface area is 126 Å². The van der Waals surface area contributed by atoms with E-state index < -0.39 is 5.54 Å². The lowest BCUT2D eigenvalue weighted by Gasteiger charge is -2.28. The third kappa shape index (κ3) is 4.21. The summed E-state index contributed by atoms with van der Waals surface area (Å²) in [6.45, 7) is 4.81. The smallest absolute Gasteiger partial charge is 0.315 e. The van der Waals surface area contributed by atoms with Crippen LogP contribution in [-0.2, 0) is 6.42 Å². The number of aryl methyl sites for hydroxylation is 2. The largest absolute Gasteiger partial charge is 0.394 e. The van der Waals surface area contributed by atoms with Crippen molar-refractivity contribution in [2.24, 2.45) is 0 Å². The molecule has 0 atom stereocenters. The van der Waals surface area contributed by atoms with Crippen LogP contribution in [0.3, 0.4) is 0 Å². The van der Waals surface area contributed by atoms with Crippen molar-refractivity contribution in [1.82, 2.24) is 10.6 Å². The maximum Gasteiger partial charge on any atom is 0.315 e. The molecule has 3 N–H and O–H groups in total. The second kappa shape index (κ2) is 6.94. The van der Waals surface area contributed by atoms with Crippen LogP contribution in [0.15, 0.2) is 18.2 Å². The number of nitrogens with one attached hydrogen (secondary N) is 2. The first-order valence-electron chi connectivity index (χ1n) is 7.78. The van der Waals surface area contributed by atoms with Crippen molar-refractivity contribution in [2.45, 2.75) is 51.5 Å². The zero-order valence-electron chi connectivity index (χ0n) is 13.0. The highest BCUT2D eigenvalue weighted by molar-refractivity contribution is 5.74. The summed E-state index contributed by atoms with van der Waals surface area (Å²) in [6.07, 6.45) is 4.71. The molecule has 0 aliphatic heterocycles. The van der Waals surface area contributed by atoms with Crippen LogP contribution in [0.25, 0.3) is 0 Å². The Hall–Kier alpha value is -1.55. The van der Waals surface area contributed by atoms with Gasteiger partial charge in [0, 0.05) is 6.54 Å². The Morgan fingerprint density at radius 2 is 2.00 bits per heavy atom. The van der Waals surface area contributed by atoms with Crippen LogP contribution in [0.5, 0.6) is 0 Å². The number of hydrogen-bond acceptors (Lipinski definition) is 2. The maximum atomic E-state index is 12.0. The SMILES string of the molecule is Cc1ccc(CCNC(=O)NC2(CO)CCCC2)c(C)c1. The topological polar surface area (TPSA) is 61.4 Å². The Morgan fingerprint density at radius 1 is 1.29 bits per heavy atom. The van der Waals surface area contributed by atoms with E-state index in [1.807, 2.05) is 0 Å². The minimum absolute atomic E-state index is 0.0253. The molecule has 1 aliphatic rings. The number of benzene rings is 1. The van der Waals surface area contributed by atoms with E-state index in [-0.39, 0.29) is 12.6 Å². The Morgan fingerprint density at radius 3 is 2.62 bits per heavy atom. The molecule has 1 aromatic carbocycles. The number of carbonyl (C=O) groups excluding carboxylic acids is 1. The zero-order chi connectivity index (χ0) is 15.3. The maximum absolute atomic E-state index is 12.0. The lowest BCUT2D eigenvalue weighted by molar-refractivity contribution is 0.163. The Bertz CT molecular complexity index is 494. The molecule has 4 nitrogen and oxygen atoms in total. The van der Waals surface area contributed by atoms with E-state index in [0.717, 1.165) is 32.1 Å². The molecule has 0 unspecified atom stereocenters. The third-order valence-corrected chi connectivity index (χ3v) is 4.42. The average molecular weight is 290 g/mol. The van der Waals surface area contributed by atoms with Gasteiger partial charge in [-0.15, -0.1) is 0 Å². The van der Waals surface area contributed by atoms with E-state index in [1.54, 1.807) is 0 Å². The van der Waals surface area contributed by atoms with Gasteiger partial charge in [0.2, 0.25) is 0 Å². The van der Waals surface area contributed by atoms with Gasteiger partial charge in [-0.05, 0) is 44.2 Å². The van der Waals surface area contributed by atoms with Crippen molar-refractivity contribution in [3.63, 3.8) is 0 Å². The molecule has 2 amide bonds. The van der Waals surface area contributed by atoms with Gasteiger partial charge in [-0.25, -0.2) is 4.79 Å². The summed E-state index contributed by atoms with van der Waals surface area (Å²) in [5.41, 5.74) is 3.38. The van der Waals surface area contributed by atoms with Gasteiger partial charge in [0.1, 0.15) is 0 Å². The number of hydrogen-bond donors (Lipinski definition) is 3. The monoisotopic (exact) mass is 290 g/mol. The molecule has 0 heterocycles. The van der Waals surface area contributed by atoms with Crippen LogP contribution >= 0.6 is 0 Å². The minimum Gasteiger partial charge on any atom is -0.394 e. The molecule has 0 bridgehead atoms. The number of aliphatic hydroxyl groups is 1. The predicted octanol–water partition coefficient (Wildman–Crippen LogP) is 2.45. The van der Waals surface area contributed by atoms with Crippen LogP contribution in [0.4, 0.5) is 4.79 Å². The number of aliphatic hydroxyl groups excluding tert-OH is 1. The predicted molar refractivity (Wildman–Crippen MR) is 84.4 cm³/mol. The molecule has 0 aromatic heterocycles. The van der Waals surface area contributed by atoms with Gasteiger partial charge >= 0.3 is 6.03 Å². The molecule has 21 heavy (non-hydrogen) atoms. The molecule has 116 valence electrons. The fourth-order valence-corrected chi connectivity index (χ4v) is 3.10. The number of carbonyl (C=O) groups is 1. The fourth-order valence-electron chi connectivity index (χ4n) is 3.10. The minimum atomic E-state index is -0.399. The number of urea groups is 1. The molecule has 0 radical (unpaired) electrons. The molecule has 1 aliphatic carbocycles. The lowest BCUT2D eigenvalue weighted by Crippen LogP contribution is -2.53. The first kappa shape index (κ1) is 15.8. The van der Waals surface area contributed by atoms with Crippen LogP contribution in [-0.4, -0.2) is 29.8 Å². The van der Waals surface area contributed by atoms with Gasteiger partial charge in [0.05, 0.1) is 12.1 Å². The zero-order valence-corrected chi connectivity index (χ0v) is 13.0. The molecule has 1 fully saturated rings. The summed E-state index contributed by atoms with van der Waals surface area (Å²) in [7, 11) is 0. The van der Waals surface area contributed by atoms with Crippen molar-refractivity contribution in [3.8, 4) is 0 Å². The summed E-state index contributed by atoms with van der Waals surface area (Å²) in [5.74, 6) is 0. The second-order valence-corrected chi connectivity index (χ2v) is 6.21. The second-order valence-electron chi connectivity index (χ2n) is 6.21. The van der Waals surface area contributed by atoms with Gasteiger partial charge in [-0.2, -0.15) is 0 Å². The quantitative estimate of drug-likeness (QED) is 0.780. The highest BCUT2D eigenvalue weighted by atomic mass is 16.3. The van der Waals surface area contributed by atoms with Crippen molar-refractivity contribution < 1.29 is 9.90 Å². The van der Waals surface area contributed by atoms with Crippen molar-refractivity contribution >= 4 is 6.03 Å². The van der Waals surface area contributed by atoms with E-state index in [1.165, 1.54) is 16.7 Å². The molecule has 1 aromatic rings. The van der Waals surface area contributed by atoms with Crippen molar-refractivity contribution in [2.75, 3.05) is 13.2 Å². The standard InChI is InChI=1S/C17H26N2O2/c1-13-5-6-15(14(2)11-13)7-10-18-16(21)19-17(12-20)8-3-4-9-17/h5-6,11,20H,3-4,7-10,12H2,1-2H3,(H2,18,19,21). The summed E-state index contributed by atoms with van der Waals surface area (Å²) < 4.78 is 0. The summed E-state index contributed by atoms with van der Waals surface area (Å²) >= 11 is 0. The Balaban J connectivity index is 1.79. The molecule has 4 heteroatoms. The molecule has 1 saturated carbocycles. The van der Waals surface area contributed by atoms with Crippen molar-refractivity contribution in [1.29, 1.82) is 0 Å². The highest BCUT2D eigenvalue weighted by Crippen LogP contribution is 2.28. The normalized spacial score (nSPS) is 16.7. The summed E-state index contributed by atoms with van der Waals surface area (Å²) in [6, 6.07) is 6.21. The van der Waals surface area contributed by atoms with Gasteiger partial charge in [-0.3, -0.25) is 0 Å². The lowest BCUT2D eigenvalue weighted by atomic mass is 9.99. The first-order valence-corrected chi connectivity index (χ1v) is 7.78. The summed E-state index contributed by atoms with van der Waals surface area (Å²) in [4.78, 5) is 12.0. The highest BCUT2D eigenvalue weighted by Gasteiger charge is 2.34. The molecule has 0 saturated heterocycles. The Kier molecular flexibility index (Phi) is 5.23. The first-order chi connectivity index (χ1) is 10.0.